The number of aromatic nitrogens is 1. The molecular weight excluding hydrogens is 306 g/mol. The van der Waals surface area contributed by atoms with Gasteiger partial charge in [-0.1, -0.05) is 11.6 Å². The summed E-state index contributed by atoms with van der Waals surface area (Å²) in [6.45, 7) is 3.64. The van der Waals surface area contributed by atoms with Gasteiger partial charge in [-0.25, -0.2) is 4.98 Å². The van der Waals surface area contributed by atoms with E-state index >= 15 is 0 Å². The fourth-order valence-electron chi connectivity index (χ4n) is 2.84. The Labute approximate surface area is 134 Å². The molecule has 2 aliphatic heterocycles. The molecule has 0 bridgehead atoms. The predicted molar refractivity (Wildman–Crippen MR) is 88.5 cm³/mol. The van der Waals surface area contributed by atoms with Crippen LogP contribution in [-0.4, -0.2) is 53.5 Å². The number of pyridine rings is 1. The number of likely N-dealkylation sites (tertiary alicyclic amines) is 1. The SMILES string of the molecule is O=C(c1cnc(N2CCSCC2)c(Cl)c1)N1CCCCC1. The first kappa shape index (κ1) is 15.0. The molecule has 0 saturated carbocycles. The molecule has 2 fully saturated rings. The highest BCUT2D eigenvalue weighted by Crippen LogP contribution is 2.27. The summed E-state index contributed by atoms with van der Waals surface area (Å²) in [5, 5.41) is 0.588. The Morgan fingerprint density at radius 2 is 1.86 bits per heavy atom. The number of amides is 1. The second kappa shape index (κ2) is 6.88. The van der Waals surface area contributed by atoms with Crippen LogP contribution >= 0.6 is 23.4 Å². The third-order valence-electron chi connectivity index (χ3n) is 4.02. The van der Waals surface area contributed by atoms with E-state index in [1.807, 2.05) is 16.7 Å². The third kappa shape index (κ3) is 3.46. The lowest BCUT2D eigenvalue weighted by molar-refractivity contribution is 0.0724. The van der Waals surface area contributed by atoms with Gasteiger partial charge in [0, 0.05) is 43.9 Å². The van der Waals surface area contributed by atoms with Gasteiger partial charge in [-0.3, -0.25) is 4.79 Å². The Bertz CT molecular complexity index is 514. The fourth-order valence-corrected chi connectivity index (χ4v) is 4.02. The van der Waals surface area contributed by atoms with Crippen molar-refractivity contribution >= 4 is 35.1 Å². The molecule has 114 valence electrons. The molecule has 1 aromatic rings. The van der Waals surface area contributed by atoms with E-state index < -0.39 is 0 Å². The first-order valence-corrected chi connectivity index (χ1v) is 9.06. The van der Waals surface area contributed by atoms with Gasteiger partial charge in [-0.2, -0.15) is 11.8 Å². The van der Waals surface area contributed by atoms with Crippen LogP contribution in [0.1, 0.15) is 29.6 Å². The van der Waals surface area contributed by atoms with Gasteiger partial charge in [0.15, 0.2) is 0 Å². The summed E-state index contributed by atoms with van der Waals surface area (Å²) in [6, 6.07) is 1.78. The standard InChI is InChI=1S/C15H20ClN3OS/c16-13-10-12(15(20)19-4-2-1-3-5-19)11-17-14(13)18-6-8-21-9-7-18/h10-11H,1-9H2. The normalized spacial score (nSPS) is 19.7. The molecule has 3 heterocycles. The van der Waals surface area contributed by atoms with Crippen LogP contribution in [0.4, 0.5) is 5.82 Å². The molecule has 1 amide bonds. The Morgan fingerprint density at radius 1 is 1.14 bits per heavy atom. The molecule has 3 rings (SSSR count). The van der Waals surface area contributed by atoms with Gasteiger partial charge in [0.2, 0.25) is 0 Å². The first-order chi connectivity index (χ1) is 10.3. The van der Waals surface area contributed by atoms with Crippen LogP contribution in [-0.2, 0) is 0 Å². The van der Waals surface area contributed by atoms with Crippen LogP contribution in [0.2, 0.25) is 5.02 Å². The van der Waals surface area contributed by atoms with Gasteiger partial charge in [0.05, 0.1) is 10.6 Å². The molecule has 0 N–H and O–H groups in total. The van der Waals surface area contributed by atoms with Crippen LogP contribution < -0.4 is 4.90 Å². The Hall–Kier alpha value is -0.940. The minimum absolute atomic E-state index is 0.0600. The molecule has 6 heteroatoms. The number of thioether (sulfide) groups is 1. The van der Waals surface area contributed by atoms with E-state index in [1.165, 1.54) is 6.42 Å². The van der Waals surface area contributed by atoms with Crippen molar-refractivity contribution in [1.82, 2.24) is 9.88 Å². The molecule has 0 aliphatic carbocycles. The van der Waals surface area contributed by atoms with Gasteiger partial charge < -0.3 is 9.80 Å². The topological polar surface area (TPSA) is 36.4 Å². The molecule has 21 heavy (non-hydrogen) atoms. The maximum Gasteiger partial charge on any atom is 0.255 e. The summed E-state index contributed by atoms with van der Waals surface area (Å²) in [7, 11) is 0. The molecule has 2 aliphatic rings. The molecule has 1 aromatic heterocycles. The number of halogens is 1. The lowest BCUT2D eigenvalue weighted by Gasteiger charge is -2.29. The zero-order valence-corrected chi connectivity index (χ0v) is 13.6. The van der Waals surface area contributed by atoms with Gasteiger partial charge in [0.1, 0.15) is 5.82 Å². The van der Waals surface area contributed by atoms with E-state index in [-0.39, 0.29) is 5.91 Å². The summed E-state index contributed by atoms with van der Waals surface area (Å²) >= 11 is 8.32. The average Bonchev–Trinajstić information content (AvgIpc) is 2.55. The highest BCUT2D eigenvalue weighted by molar-refractivity contribution is 7.99. The molecule has 0 unspecified atom stereocenters. The van der Waals surface area contributed by atoms with Crippen molar-refractivity contribution in [3.63, 3.8) is 0 Å². The molecule has 4 nitrogen and oxygen atoms in total. The number of nitrogens with zero attached hydrogens (tertiary/aromatic N) is 3. The highest BCUT2D eigenvalue weighted by Gasteiger charge is 2.21. The number of carbonyl (C=O) groups excluding carboxylic acids is 1. The van der Waals surface area contributed by atoms with E-state index in [9.17, 15) is 4.79 Å². The zero-order valence-electron chi connectivity index (χ0n) is 12.1. The van der Waals surface area contributed by atoms with Gasteiger partial charge in [-0.15, -0.1) is 0 Å². The quantitative estimate of drug-likeness (QED) is 0.837. The number of anilines is 1. The Kier molecular flexibility index (Phi) is 4.91. The summed E-state index contributed by atoms with van der Waals surface area (Å²) in [5.41, 5.74) is 0.608. The van der Waals surface area contributed by atoms with Crippen molar-refractivity contribution in [1.29, 1.82) is 0 Å². The third-order valence-corrected chi connectivity index (χ3v) is 5.24. The van der Waals surface area contributed by atoms with Crippen LogP contribution in [0.25, 0.3) is 0 Å². The number of hydrogen-bond acceptors (Lipinski definition) is 4. The lowest BCUT2D eigenvalue weighted by Crippen LogP contribution is -2.36. The molecule has 0 atom stereocenters. The van der Waals surface area contributed by atoms with Crippen molar-refractivity contribution in [3.05, 3.63) is 22.8 Å². The average molecular weight is 326 g/mol. The monoisotopic (exact) mass is 325 g/mol. The number of carbonyl (C=O) groups is 1. The van der Waals surface area contributed by atoms with E-state index in [2.05, 4.69) is 9.88 Å². The lowest BCUT2D eigenvalue weighted by atomic mass is 10.1. The Balaban J connectivity index is 1.75. The summed E-state index contributed by atoms with van der Waals surface area (Å²) in [6.07, 6.45) is 5.08. The van der Waals surface area contributed by atoms with Crippen LogP contribution in [0.3, 0.4) is 0 Å². The second-order valence-electron chi connectivity index (χ2n) is 5.48. The molecule has 0 spiro atoms. The summed E-state index contributed by atoms with van der Waals surface area (Å²) in [4.78, 5) is 21.0. The maximum absolute atomic E-state index is 12.4. The largest absolute Gasteiger partial charge is 0.354 e. The molecule has 0 aromatic carbocycles. The first-order valence-electron chi connectivity index (χ1n) is 7.53. The van der Waals surface area contributed by atoms with Crippen LogP contribution in [0.5, 0.6) is 0 Å². The minimum atomic E-state index is 0.0600. The number of piperidine rings is 1. The summed E-state index contributed by atoms with van der Waals surface area (Å²) < 4.78 is 0. The Morgan fingerprint density at radius 3 is 2.52 bits per heavy atom. The number of hydrogen-bond donors (Lipinski definition) is 0. The van der Waals surface area contributed by atoms with Crippen LogP contribution in [0.15, 0.2) is 12.3 Å². The second-order valence-corrected chi connectivity index (χ2v) is 7.11. The van der Waals surface area contributed by atoms with E-state index in [4.69, 9.17) is 11.6 Å². The zero-order chi connectivity index (χ0) is 14.7. The molecule has 0 radical (unpaired) electrons. The minimum Gasteiger partial charge on any atom is -0.354 e. The van der Waals surface area contributed by atoms with E-state index in [0.717, 1.165) is 56.3 Å². The van der Waals surface area contributed by atoms with Crippen molar-refractivity contribution in [2.75, 3.05) is 42.6 Å². The smallest absolute Gasteiger partial charge is 0.255 e. The molecule has 2 saturated heterocycles. The maximum atomic E-state index is 12.4. The molecular formula is C15H20ClN3OS. The van der Waals surface area contributed by atoms with E-state index in [1.54, 1.807) is 12.3 Å². The van der Waals surface area contributed by atoms with Gasteiger partial charge in [-0.05, 0) is 25.3 Å². The van der Waals surface area contributed by atoms with Crippen molar-refractivity contribution in [2.24, 2.45) is 0 Å². The van der Waals surface area contributed by atoms with Crippen molar-refractivity contribution in [3.8, 4) is 0 Å². The van der Waals surface area contributed by atoms with E-state index in [0.29, 0.717) is 10.6 Å². The highest BCUT2D eigenvalue weighted by atomic mass is 35.5. The fraction of sp³-hybridized carbons (Fsp3) is 0.600. The van der Waals surface area contributed by atoms with Crippen molar-refractivity contribution < 1.29 is 4.79 Å². The summed E-state index contributed by atoms with van der Waals surface area (Å²) in [5.74, 6) is 3.08. The van der Waals surface area contributed by atoms with Gasteiger partial charge >= 0.3 is 0 Å². The predicted octanol–water partition coefficient (Wildman–Crippen LogP) is 2.91. The van der Waals surface area contributed by atoms with Gasteiger partial charge in [0.25, 0.3) is 5.91 Å². The number of rotatable bonds is 2. The van der Waals surface area contributed by atoms with Crippen molar-refractivity contribution in [2.45, 2.75) is 19.3 Å². The van der Waals surface area contributed by atoms with Crippen LogP contribution in [0, 0.1) is 0 Å².